The van der Waals surface area contributed by atoms with E-state index in [9.17, 15) is 9.59 Å². The third-order valence-electron chi connectivity index (χ3n) is 3.07. The van der Waals surface area contributed by atoms with Gasteiger partial charge < -0.3 is 16.4 Å². The van der Waals surface area contributed by atoms with Crippen LogP contribution >= 0.6 is 11.6 Å². The summed E-state index contributed by atoms with van der Waals surface area (Å²) >= 11 is 6.04. The number of carbonyl (C=O) groups is 2. The molecule has 0 aliphatic carbocycles. The van der Waals surface area contributed by atoms with E-state index in [0.29, 0.717) is 29.2 Å². The van der Waals surface area contributed by atoms with Gasteiger partial charge >= 0.3 is 6.03 Å². The number of halogens is 1. The van der Waals surface area contributed by atoms with E-state index in [1.807, 2.05) is 24.3 Å². The molecule has 0 saturated carbocycles. The monoisotopic (exact) mass is 317 g/mol. The molecule has 2 rings (SSSR count). The molecule has 114 valence electrons. The minimum atomic E-state index is -0.504. The van der Waals surface area contributed by atoms with Crippen molar-refractivity contribution < 1.29 is 9.59 Å². The maximum Gasteiger partial charge on any atom is 0.319 e. The van der Waals surface area contributed by atoms with E-state index >= 15 is 0 Å². The van der Waals surface area contributed by atoms with Crippen LogP contribution in [0.4, 0.5) is 10.5 Å². The Morgan fingerprint density at radius 1 is 1.05 bits per heavy atom. The van der Waals surface area contributed by atoms with Crippen LogP contribution in [0.1, 0.15) is 15.9 Å². The van der Waals surface area contributed by atoms with Gasteiger partial charge in [0.1, 0.15) is 0 Å². The Kier molecular flexibility index (Phi) is 5.38. The van der Waals surface area contributed by atoms with Crippen LogP contribution in [0, 0.1) is 0 Å². The van der Waals surface area contributed by atoms with Gasteiger partial charge in [-0.2, -0.15) is 0 Å². The van der Waals surface area contributed by atoms with Gasteiger partial charge in [0.2, 0.25) is 5.91 Å². The number of benzene rings is 2. The summed E-state index contributed by atoms with van der Waals surface area (Å²) in [7, 11) is 0. The van der Waals surface area contributed by atoms with Crippen molar-refractivity contribution >= 4 is 29.2 Å². The Hall–Kier alpha value is -2.53. The molecule has 6 heteroatoms. The fourth-order valence-electron chi connectivity index (χ4n) is 1.90. The first-order valence-electron chi connectivity index (χ1n) is 6.74. The summed E-state index contributed by atoms with van der Waals surface area (Å²) in [5, 5.41) is 6.10. The van der Waals surface area contributed by atoms with Crippen LogP contribution in [0.15, 0.2) is 48.5 Å². The lowest BCUT2D eigenvalue weighted by atomic mass is 10.1. The van der Waals surface area contributed by atoms with Gasteiger partial charge in [0, 0.05) is 22.8 Å². The molecular weight excluding hydrogens is 302 g/mol. The second kappa shape index (κ2) is 7.47. The molecule has 0 bridgehead atoms. The van der Waals surface area contributed by atoms with Gasteiger partial charge in [-0.15, -0.1) is 0 Å². The maximum absolute atomic E-state index is 11.8. The van der Waals surface area contributed by atoms with Gasteiger partial charge in [0.15, 0.2) is 0 Å². The maximum atomic E-state index is 11.8. The molecule has 4 N–H and O–H groups in total. The quantitative estimate of drug-likeness (QED) is 0.792. The highest BCUT2D eigenvalue weighted by Crippen LogP contribution is 2.14. The van der Waals surface area contributed by atoms with Crippen LogP contribution < -0.4 is 16.4 Å². The van der Waals surface area contributed by atoms with E-state index in [-0.39, 0.29) is 6.03 Å². The molecule has 0 heterocycles. The molecule has 0 aromatic heterocycles. The van der Waals surface area contributed by atoms with Crippen LogP contribution in [0.5, 0.6) is 0 Å². The fourth-order valence-corrected chi connectivity index (χ4v) is 2.14. The van der Waals surface area contributed by atoms with Crippen molar-refractivity contribution in [3.05, 3.63) is 64.7 Å². The van der Waals surface area contributed by atoms with Gasteiger partial charge in [0.05, 0.1) is 0 Å². The number of primary amides is 1. The minimum absolute atomic E-state index is 0.320. The summed E-state index contributed by atoms with van der Waals surface area (Å²) < 4.78 is 0. The van der Waals surface area contributed by atoms with Crippen LogP contribution in [0.3, 0.4) is 0 Å². The molecule has 2 aromatic rings. The number of amides is 3. The van der Waals surface area contributed by atoms with Gasteiger partial charge in [-0.3, -0.25) is 4.79 Å². The van der Waals surface area contributed by atoms with Gasteiger partial charge in [-0.1, -0.05) is 29.8 Å². The molecule has 22 heavy (non-hydrogen) atoms. The predicted molar refractivity (Wildman–Crippen MR) is 87.1 cm³/mol. The molecular formula is C16H16ClN3O2. The zero-order chi connectivity index (χ0) is 15.9. The van der Waals surface area contributed by atoms with E-state index in [2.05, 4.69) is 10.6 Å². The van der Waals surface area contributed by atoms with Gasteiger partial charge in [-0.05, 0) is 42.3 Å². The van der Waals surface area contributed by atoms with Crippen molar-refractivity contribution in [3.8, 4) is 0 Å². The van der Waals surface area contributed by atoms with E-state index in [1.54, 1.807) is 24.3 Å². The van der Waals surface area contributed by atoms with E-state index in [0.717, 1.165) is 5.56 Å². The summed E-state index contributed by atoms with van der Waals surface area (Å²) in [4.78, 5) is 22.7. The first-order chi connectivity index (χ1) is 10.6. The van der Waals surface area contributed by atoms with E-state index in [1.165, 1.54) is 0 Å². The molecule has 3 amide bonds. The second-order valence-corrected chi connectivity index (χ2v) is 5.07. The van der Waals surface area contributed by atoms with Crippen molar-refractivity contribution in [1.82, 2.24) is 5.32 Å². The predicted octanol–water partition coefficient (Wildman–Crippen LogP) is 2.80. The van der Waals surface area contributed by atoms with E-state index in [4.69, 9.17) is 17.3 Å². The number of nitrogens with one attached hydrogen (secondary N) is 2. The zero-order valence-electron chi connectivity index (χ0n) is 11.8. The Morgan fingerprint density at radius 2 is 1.73 bits per heavy atom. The molecule has 0 saturated heterocycles. The highest BCUT2D eigenvalue weighted by atomic mass is 35.5. The number of rotatable bonds is 5. The van der Waals surface area contributed by atoms with Crippen molar-refractivity contribution in [2.75, 3.05) is 11.9 Å². The summed E-state index contributed by atoms with van der Waals surface area (Å²) in [6.45, 7) is 0.467. The second-order valence-electron chi connectivity index (χ2n) is 4.66. The molecule has 0 aliphatic rings. The Labute approximate surface area is 133 Å². The Morgan fingerprint density at radius 3 is 2.36 bits per heavy atom. The largest absolute Gasteiger partial charge is 0.366 e. The fraction of sp³-hybridized carbons (Fsp3) is 0.125. The molecule has 0 atom stereocenters. The molecule has 2 aromatic carbocycles. The minimum Gasteiger partial charge on any atom is -0.366 e. The molecule has 0 spiro atoms. The summed E-state index contributed by atoms with van der Waals surface area (Å²) in [6, 6.07) is 13.5. The molecule has 0 unspecified atom stereocenters. The standard InChI is InChI=1S/C16H16ClN3O2/c17-14-4-2-1-3-11(14)9-10-19-16(22)20-13-7-5-12(6-8-13)15(18)21/h1-8H,9-10H2,(H2,18,21)(H2,19,20,22). The topological polar surface area (TPSA) is 84.2 Å². The number of nitrogens with two attached hydrogens (primary N) is 1. The number of urea groups is 1. The van der Waals surface area contributed by atoms with Crippen LogP contribution in [0.25, 0.3) is 0 Å². The van der Waals surface area contributed by atoms with Crippen molar-refractivity contribution in [2.24, 2.45) is 5.73 Å². The summed E-state index contributed by atoms with van der Waals surface area (Å²) in [6.07, 6.45) is 0.647. The van der Waals surface area contributed by atoms with Crippen molar-refractivity contribution in [2.45, 2.75) is 6.42 Å². The van der Waals surface area contributed by atoms with Gasteiger partial charge in [-0.25, -0.2) is 4.79 Å². The molecule has 0 fully saturated rings. The molecule has 5 nitrogen and oxygen atoms in total. The SMILES string of the molecule is NC(=O)c1ccc(NC(=O)NCCc2ccccc2Cl)cc1. The van der Waals surface area contributed by atoms with E-state index < -0.39 is 5.91 Å². The van der Waals surface area contributed by atoms with Gasteiger partial charge in [0.25, 0.3) is 0 Å². The highest BCUT2D eigenvalue weighted by Gasteiger charge is 2.04. The lowest BCUT2D eigenvalue weighted by Gasteiger charge is -2.08. The Bertz CT molecular complexity index is 671. The molecule has 0 radical (unpaired) electrons. The number of hydrogen-bond donors (Lipinski definition) is 3. The Balaban J connectivity index is 1.80. The first kappa shape index (κ1) is 15.9. The van der Waals surface area contributed by atoms with Crippen LogP contribution in [0.2, 0.25) is 5.02 Å². The number of hydrogen-bond acceptors (Lipinski definition) is 2. The average Bonchev–Trinajstić information content (AvgIpc) is 2.50. The zero-order valence-corrected chi connectivity index (χ0v) is 12.6. The summed E-state index contributed by atoms with van der Waals surface area (Å²) in [5.74, 6) is -0.504. The third kappa shape index (κ3) is 4.49. The number of carbonyl (C=O) groups excluding carboxylic acids is 2. The van der Waals surface area contributed by atoms with Crippen LogP contribution in [-0.2, 0) is 6.42 Å². The molecule has 0 aliphatic heterocycles. The van der Waals surface area contributed by atoms with Crippen molar-refractivity contribution in [3.63, 3.8) is 0 Å². The normalized spacial score (nSPS) is 10.0. The lowest BCUT2D eigenvalue weighted by Crippen LogP contribution is -2.30. The third-order valence-corrected chi connectivity index (χ3v) is 3.43. The smallest absolute Gasteiger partial charge is 0.319 e. The number of anilines is 1. The first-order valence-corrected chi connectivity index (χ1v) is 7.12. The van der Waals surface area contributed by atoms with Crippen LogP contribution in [-0.4, -0.2) is 18.5 Å². The van der Waals surface area contributed by atoms with Crippen molar-refractivity contribution in [1.29, 1.82) is 0 Å². The summed E-state index contributed by atoms with van der Waals surface area (Å²) in [5.41, 5.74) is 7.11. The highest BCUT2D eigenvalue weighted by molar-refractivity contribution is 6.31. The average molecular weight is 318 g/mol. The lowest BCUT2D eigenvalue weighted by molar-refractivity contribution is 0.100.